The molecule has 1 aromatic heterocycles. The molecule has 1 aliphatic rings. The standard InChI is InChI=1S/C15H14ClN3O3/c16-11-5-9(14(17)20)6-18-15(11)19-7-10-8-21-12-3-1-2-4-13(12)22-10/h1-6,10H,7-8H2,(H2,17,20)(H,18,19). The number of rotatable bonds is 4. The van der Waals surface area contributed by atoms with Gasteiger partial charge in [-0.25, -0.2) is 4.98 Å². The molecule has 2 aromatic rings. The van der Waals surface area contributed by atoms with Crippen LogP contribution in [-0.4, -0.2) is 30.1 Å². The molecule has 0 saturated heterocycles. The Bertz CT molecular complexity index is 708. The maximum Gasteiger partial charge on any atom is 0.250 e. The van der Waals surface area contributed by atoms with Crippen LogP contribution < -0.4 is 20.5 Å². The average Bonchev–Trinajstić information content (AvgIpc) is 2.53. The highest BCUT2D eigenvalue weighted by atomic mass is 35.5. The second kappa shape index (κ2) is 6.11. The molecule has 22 heavy (non-hydrogen) atoms. The molecule has 7 heteroatoms. The van der Waals surface area contributed by atoms with Crippen LogP contribution in [0.1, 0.15) is 10.4 Å². The van der Waals surface area contributed by atoms with E-state index in [1.54, 1.807) is 0 Å². The van der Waals surface area contributed by atoms with Gasteiger partial charge in [0.1, 0.15) is 18.5 Å². The predicted molar refractivity (Wildman–Crippen MR) is 82.6 cm³/mol. The molecule has 0 aliphatic carbocycles. The van der Waals surface area contributed by atoms with E-state index in [4.69, 9.17) is 26.8 Å². The minimum Gasteiger partial charge on any atom is -0.486 e. The summed E-state index contributed by atoms with van der Waals surface area (Å²) in [6.07, 6.45) is 1.22. The van der Waals surface area contributed by atoms with Gasteiger partial charge in [0.15, 0.2) is 11.5 Å². The van der Waals surface area contributed by atoms with Crippen LogP contribution in [0.5, 0.6) is 11.5 Å². The molecule has 3 rings (SSSR count). The summed E-state index contributed by atoms with van der Waals surface area (Å²) >= 11 is 6.07. The van der Waals surface area contributed by atoms with Gasteiger partial charge in [-0.2, -0.15) is 0 Å². The van der Waals surface area contributed by atoms with Crippen molar-refractivity contribution < 1.29 is 14.3 Å². The van der Waals surface area contributed by atoms with E-state index >= 15 is 0 Å². The lowest BCUT2D eigenvalue weighted by atomic mass is 10.2. The third-order valence-electron chi connectivity index (χ3n) is 3.19. The van der Waals surface area contributed by atoms with Crippen LogP contribution in [0.4, 0.5) is 5.82 Å². The van der Waals surface area contributed by atoms with Crippen LogP contribution in [0, 0.1) is 0 Å². The molecule has 1 amide bonds. The second-order valence-electron chi connectivity index (χ2n) is 4.80. The van der Waals surface area contributed by atoms with Crippen molar-refractivity contribution in [2.45, 2.75) is 6.10 Å². The van der Waals surface area contributed by atoms with Crippen molar-refractivity contribution in [3.63, 3.8) is 0 Å². The van der Waals surface area contributed by atoms with E-state index in [1.165, 1.54) is 12.3 Å². The van der Waals surface area contributed by atoms with Crippen LogP contribution in [0.25, 0.3) is 0 Å². The van der Waals surface area contributed by atoms with Gasteiger partial charge < -0.3 is 20.5 Å². The van der Waals surface area contributed by atoms with E-state index in [0.29, 0.717) is 29.7 Å². The third-order valence-corrected chi connectivity index (χ3v) is 3.48. The first kappa shape index (κ1) is 14.5. The molecular formula is C15H14ClN3O3. The van der Waals surface area contributed by atoms with Crippen molar-refractivity contribution in [3.05, 3.63) is 47.1 Å². The molecule has 0 radical (unpaired) electrons. The number of nitrogens with one attached hydrogen (secondary N) is 1. The zero-order chi connectivity index (χ0) is 15.5. The summed E-state index contributed by atoms with van der Waals surface area (Å²) in [6, 6.07) is 8.98. The van der Waals surface area contributed by atoms with E-state index in [-0.39, 0.29) is 11.7 Å². The Balaban J connectivity index is 1.63. The number of aromatic nitrogens is 1. The second-order valence-corrected chi connectivity index (χ2v) is 5.20. The van der Waals surface area contributed by atoms with Gasteiger partial charge in [0, 0.05) is 6.20 Å². The highest BCUT2D eigenvalue weighted by Crippen LogP contribution is 2.31. The quantitative estimate of drug-likeness (QED) is 0.901. The predicted octanol–water partition coefficient (Wildman–Crippen LogP) is 2.09. The molecule has 0 spiro atoms. The fraction of sp³-hybridized carbons (Fsp3) is 0.200. The minimum atomic E-state index is -0.568. The summed E-state index contributed by atoms with van der Waals surface area (Å²) in [6.45, 7) is 0.901. The Morgan fingerprint density at radius 3 is 2.91 bits per heavy atom. The molecule has 1 atom stereocenters. The number of hydrogen-bond donors (Lipinski definition) is 2. The van der Waals surface area contributed by atoms with E-state index in [2.05, 4.69) is 10.3 Å². The number of ether oxygens (including phenoxy) is 2. The molecule has 2 heterocycles. The van der Waals surface area contributed by atoms with Crippen molar-refractivity contribution in [2.24, 2.45) is 5.73 Å². The fourth-order valence-electron chi connectivity index (χ4n) is 2.08. The van der Waals surface area contributed by atoms with Gasteiger partial charge in [-0.15, -0.1) is 0 Å². The maximum absolute atomic E-state index is 11.1. The number of fused-ring (bicyclic) bond motifs is 1. The number of para-hydroxylation sites is 2. The molecule has 1 aromatic carbocycles. The van der Waals surface area contributed by atoms with Crippen molar-refractivity contribution in [2.75, 3.05) is 18.5 Å². The lowest BCUT2D eigenvalue weighted by Gasteiger charge is -2.26. The highest BCUT2D eigenvalue weighted by Gasteiger charge is 2.20. The van der Waals surface area contributed by atoms with Gasteiger partial charge in [-0.05, 0) is 18.2 Å². The van der Waals surface area contributed by atoms with Gasteiger partial charge in [0.05, 0.1) is 17.1 Å². The Labute approximate surface area is 132 Å². The van der Waals surface area contributed by atoms with Crippen LogP contribution in [0.2, 0.25) is 5.02 Å². The smallest absolute Gasteiger partial charge is 0.250 e. The fourth-order valence-corrected chi connectivity index (χ4v) is 2.31. The SMILES string of the molecule is NC(=O)c1cnc(NCC2COc3ccccc3O2)c(Cl)c1. The summed E-state index contributed by atoms with van der Waals surface area (Å²) in [4.78, 5) is 15.1. The molecule has 1 aliphatic heterocycles. The number of carbonyl (C=O) groups is 1. The largest absolute Gasteiger partial charge is 0.486 e. The van der Waals surface area contributed by atoms with E-state index in [1.807, 2.05) is 24.3 Å². The average molecular weight is 320 g/mol. The van der Waals surface area contributed by atoms with Gasteiger partial charge in [-0.1, -0.05) is 23.7 Å². The van der Waals surface area contributed by atoms with Gasteiger partial charge in [0.2, 0.25) is 5.91 Å². The monoisotopic (exact) mass is 319 g/mol. The highest BCUT2D eigenvalue weighted by molar-refractivity contribution is 6.33. The number of primary amides is 1. The van der Waals surface area contributed by atoms with Crippen LogP contribution in [0.15, 0.2) is 36.5 Å². The lowest BCUT2D eigenvalue weighted by Crippen LogP contribution is -2.35. The molecule has 0 fully saturated rings. The summed E-state index contributed by atoms with van der Waals surface area (Å²) in [5.74, 6) is 1.35. The van der Waals surface area contributed by atoms with Gasteiger partial charge >= 0.3 is 0 Å². The number of nitrogens with zero attached hydrogens (tertiary/aromatic N) is 1. The first-order valence-electron chi connectivity index (χ1n) is 6.71. The first-order valence-corrected chi connectivity index (χ1v) is 7.09. The Morgan fingerprint density at radius 1 is 1.41 bits per heavy atom. The van der Waals surface area contributed by atoms with Crippen molar-refractivity contribution >= 4 is 23.3 Å². The summed E-state index contributed by atoms with van der Waals surface area (Å²) < 4.78 is 11.4. The number of anilines is 1. The molecule has 114 valence electrons. The normalized spacial score (nSPS) is 16.1. The Morgan fingerprint density at radius 2 is 2.18 bits per heavy atom. The number of pyridine rings is 1. The van der Waals surface area contributed by atoms with Gasteiger partial charge in [-0.3, -0.25) is 4.79 Å². The van der Waals surface area contributed by atoms with Crippen molar-refractivity contribution in [1.29, 1.82) is 0 Å². The van der Waals surface area contributed by atoms with Crippen LogP contribution >= 0.6 is 11.6 Å². The number of hydrogen-bond acceptors (Lipinski definition) is 5. The summed E-state index contributed by atoms with van der Waals surface area (Å²) in [5, 5.41) is 3.41. The van der Waals surface area contributed by atoms with Crippen LogP contribution in [0.3, 0.4) is 0 Å². The van der Waals surface area contributed by atoms with Crippen molar-refractivity contribution in [1.82, 2.24) is 4.98 Å². The maximum atomic E-state index is 11.1. The number of nitrogens with two attached hydrogens (primary N) is 1. The van der Waals surface area contributed by atoms with E-state index in [9.17, 15) is 4.79 Å². The number of carbonyl (C=O) groups excluding carboxylic acids is 1. The third kappa shape index (κ3) is 3.07. The number of halogens is 1. The van der Waals surface area contributed by atoms with Crippen molar-refractivity contribution in [3.8, 4) is 11.5 Å². The molecular weight excluding hydrogens is 306 g/mol. The molecule has 6 nitrogen and oxygen atoms in total. The molecule has 0 saturated carbocycles. The summed E-state index contributed by atoms with van der Waals surface area (Å²) in [7, 11) is 0. The molecule has 0 bridgehead atoms. The minimum absolute atomic E-state index is 0.163. The van der Waals surface area contributed by atoms with Crippen LogP contribution in [-0.2, 0) is 0 Å². The first-order chi connectivity index (χ1) is 10.6. The van der Waals surface area contributed by atoms with Gasteiger partial charge in [0.25, 0.3) is 0 Å². The Hall–Kier alpha value is -2.47. The van der Waals surface area contributed by atoms with E-state index in [0.717, 1.165) is 5.75 Å². The number of benzene rings is 1. The summed E-state index contributed by atoms with van der Waals surface area (Å²) in [5.41, 5.74) is 5.44. The lowest BCUT2D eigenvalue weighted by molar-refractivity contribution is 0.0995. The number of amides is 1. The topological polar surface area (TPSA) is 86.5 Å². The zero-order valence-corrected chi connectivity index (χ0v) is 12.3. The zero-order valence-electron chi connectivity index (χ0n) is 11.6. The molecule has 1 unspecified atom stereocenters. The molecule has 3 N–H and O–H groups in total. The van der Waals surface area contributed by atoms with E-state index < -0.39 is 5.91 Å². The Kier molecular flexibility index (Phi) is 4.02.